The number of nitrogens with one attached hydrogen (secondary N) is 1. The van der Waals surface area contributed by atoms with Crippen molar-refractivity contribution in [3.63, 3.8) is 0 Å². The number of benzene rings is 1. The van der Waals surface area contributed by atoms with Crippen LogP contribution < -0.4 is 10.1 Å². The summed E-state index contributed by atoms with van der Waals surface area (Å²) < 4.78 is 11.3. The van der Waals surface area contributed by atoms with E-state index in [4.69, 9.17) is 9.47 Å². The molecule has 1 spiro atoms. The van der Waals surface area contributed by atoms with E-state index in [1.165, 1.54) is 12.8 Å². The number of hydrogen-bond donors (Lipinski definition) is 1. The maximum absolute atomic E-state index is 5.73. The summed E-state index contributed by atoms with van der Waals surface area (Å²) >= 11 is 0. The molecule has 0 bridgehead atoms. The number of para-hydroxylation sites is 1. The molecule has 2 heterocycles. The van der Waals surface area contributed by atoms with E-state index in [9.17, 15) is 0 Å². The average Bonchev–Trinajstić information content (AvgIpc) is 3.25. The lowest BCUT2D eigenvalue weighted by molar-refractivity contribution is 0.156. The number of rotatable bonds is 5. The summed E-state index contributed by atoms with van der Waals surface area (Å²) in [5.41, 5.74) is 1.46. The number of aliphatic imine (C=N–C) groups is 1. The van der Waals surface area contributed by atoms with Gasteiger partial charge in [-0.2, -0.15) is 0 Å². The fraction of sp³-hybridized carbons (Fsp3) is 0.526. The van der Waals surface area contributed by atoms with Gasteiger partial charge in [-0.1, -0.05) is 30.9 Å². The first-order valence-corrected chi connectivity index (χ1v) is 8.61. The predicted octanol–water partition coefficient (Wildman–Crippen LogP) is 3.06. The first-order chi connectivity index (χ1) is 11.8. The molecule has 1 aromatic rings. The van der Waals surface area contributed by atoms with Gasteiger partial charge in [0.1, 0.15) is 12.4 Å². The van der Waals surface area contributed by atoms with Crippen LogP contribution in [0.2, 0.25) is 0 Å². The van der Waals surface area contributed by atoms with Gasteiger partial charge in [0.15, 0.2) is 5.96 Å². The van der Waals surface area contributed by atoms with Crippen molar-refractivity contribution in [2.75, 3.05) is 40.0 Å². The molecule has 3 rings (SSSR count). The number of nitrogens with zero attached hydrogens (tertiary/aromatic N) is 2. The number of halogens is 1. The van der Waals surface area contributed by atoms with Gasteiger partial charge < -0.3 is 19.7 Å². The van der Waals surface area contributed by atoms with E-state index in [2.05, 4.69) is 27.9 Å². The average molecular weight is 457 g/mol. The Morgan fingerprint density at radius 3 is 3.00 bits per heavy atom. The minimum atomic E-state index is 0. The molecular weight excluding hydrogens is 429 g/mol. The van der Waals surface area contributed by atoms with Crippen LogP contribution in [0.1, 0.15) is 18.4 Å². The van der Waals surface area contributed by atoms with Crippen molar-refractivity contribution in [3.05, 3.63) is 42.5 Å². The van der Waals surface area contributed by atoms with Gasteiger partial charge in [-0.05, 0) is 18.9 Å². The number of hydrogen-bond acceptors (Lipinski definition) is 3. The number of ether oxygens (including phenoxy) is 2. The zero-order valence-electron chi connectivity index (χ0n) is 14.9. The highest BCUT2D eigenvalue weighted by atomic mass is 127. The Kier molecular flexibility index (Phi) is 7.56. The van der Waals surface area contributed by atoms with Crippen molar-refractivity contribution >= 4 is 29.9 Å². The van der Waals surface area contributed by atoms with Crippen molar-refractivity contribution in [1.29, 1.82) is 0 Å². The van der Waals surface area contributed by atoms with E-state index < -0.39 is 0 Å². The quantitative estimate of drug-likeness (QED) is 0.320. The molecule has 2 saturated heterocycles. The van der Waals surface area contributed by atoms with E-state index in [0.29, 0.717) is 18.6 Å². The van der Waals surface area contributed by atoms with E-state index >= 15 is 0 Å². The van der Waals surface area contributed by atoms with Crippen LogP contribution in [0, 0.1) is 5.41 Å². The Morgan fingerprint density at radius 2 is 2.28 bits per heavy atom. The SMILES string of the molecule is C=CCOc1ccccc1CNC(=NC)N1CCC2(CCOC2)C1.I. The summed E-state index contributed by atoms with van der Waals surface area (Å²) in [5.74, 6) is 1.85. The molecule has 0 aromatic heterocycles. The molecule has 2 aliphatic heterocycles. The summed E-state index contributed by atoms with van der Waals surface area (Å²) in [6.07, 6.45) is 4.11. The van der Waals surface area contributed by atoms with Crippen LogP contribution in [-0.2, 0) is 11.3 Å². The molecule has 5 nitrogen and oxygen atoms in total. The maximum atomic E-state index is 5.73. The second kappa shape index (κ2) is 9.43. The molecule has 0 aliphatic carbocycles. The highest BCUT2D eigenvalue weighted by Gasteiger charge is 2.42. The molecule has 2 aliphatic rings. The van der Waals surface area contributed by atoms with Crippen molar-refractivity contribution in [2.45, 2.75) is 19.4 Å². The first-order valence-electron chi connectivity index (χ1n) is 8.61. The van der Waals surface area contributed by atoms with E-state index in [1.807, 2.05) is 25.2 Å². The lowest BCUT2D eigenvalue weighted by Gasteiger charge is -2.25. The number of likely N-dealkylation sites (tertiary alicyclic amines) is 1. The Labute approximate surface area is 167 Å². The molecule has 1 unspecified atom stereocenters. The first kappa shape index (κ1) is 20.0. The Balaban J connectivity index is 0.00000225. The smallest absolute Gasteiger partial charge is 0.193 e. The van der Waals surface area contributed by atoms with Gasteiger partial charge in [0.25, 0.3) is 0 Å². The van der Waals surface area contributed by atoms with E-state index in [0.717, 1.165) is 43.6 Å². The zero-order valence-corrected chi connectivity index (χ0v) is 17.2. The minimum Gasteiger partial charge on any atom is -0.489 e. The van der Waals surface area contributed by atoms with Gasteiger partial charge in [0.05, 0.1) is 6.61 Å². The molecule has 6 heteroatoms. The maximum Gasteiger partial charge on any atom is 0.193 e. The molecule has 0 radical (unpaired) electrons. The molecule has 1 N–H and O–H groups in total. The van der Waals surface area contributed by atoms with Gasteiger partial charge in [-0.3, -0.25) is 4.99 Å². The summed E-state index contributed by atoms with van der Waals surface area (Å²) in [6.45, 7) is 8.76. The third-order valence-electron chi connectivity index (χ3n) is 4.90. The van der Waals surface area contributed by atoms with E-state index in [1.54, 1.807) is 6.08 Å². The lowest BCUT2D eigenvalue weighted by Crippen LogP contribution is -2.41. The standard InChI is InChI=1S/C19H27N3O2.HI/c1-3-11-24-17-7-5-4-6-16(17)13-21-18(20-2)22-10-8-19(14-22)9-12-23-15-19;/h3-7H,1,8-15H2,2H3,(H,20,21);1H. The van der Waals surface area contributed by atoms with Crippen LogP contribution in [0.5, 0.6) is 5.75 Å². The Bertz CT molecular complexity index is 600. The van der Waals surface area contributed by atoms with Crippen LogP contribution >= 0.6 is 24.0 Å². The van der Waals surface area contributed by atoms with Crippen LogP contribution in [0.3, 0.4) is 0 Å². The van der Waals surface area contributed by atoms with Gasteiger partial charge in [-0.15, -0.1) is 24.0 Å². The summed E-state index contributed by atoms with van der Waals surface area (Å²) in [5, 5.41) is 3.48. The fourth-order valence-corrected chi connectivity index (χ4v) is 3.53. The second-order valence-corrected chi connectivity index (χ2v) is 6.58. The Hall–Kier alpha value is -1.28. The lowest BCUT2D eigenvalue weighted by atomic mass is 9.87. The zero-order chi connectivity index (χ0) is 16.8. The molecule has 1 atom stereocenters. The predicted molar refractivity (Wildman–Crippen MR) is 112 cm³/mol. The second-order valence-electron chi connectivity index (χ2n) is 6.58. The van der Waals surface area contributed by atoms with Crippen molar-refractivity contribution in [1.82, 2.24) is 10.2 Å². The van der Waals surface area contributed by atoms with Gasteiger partial charge >= 0.3 is 0 Å². The third-order valence-corrected chi connectivity index (χ3v) is 4.90. The number of guanidine groups is 1. The molecule has 0 amide bonds. The van der Waals surface area contributed by atoms with Crippen molar-refractivity contribution < 1.29 is 9.47 Å². The fourth-order valence-electron chi connectivity index (χ4n) is 3.53. The van der Waals surface area contributed by atoms with Crippen LogP contribution in [-0.4, -0.2) is 50.8 Å². The minimum absolute atomic E-state index is 0. The summed E-state index contributed by atoms with van der Waals surface area (Å²) in [7, 11) is 1.85. The monoisotopic (exact) mass is 457 g/mol. The van der Waals surface area contributed by atoms with Crippen molar-refractivity contribution in [2.24, 2.45) is 10.4 Å². The molecule has 1 aromatic carbocycles. The van der Waals surface area contributed by atoms with Gasteiger partial charge in [0.2, 0.25) is 0 Å². The van der Waals surface area contributed by atoms with E-state index in [-0.39, 0.29) is 24.0 Å². The summed E-state index contributed by atoms with van der Waals surface area (Å²) in [6, 6.07) is 8.08. The van der Waals surface area contributed by atoms with Gasteiger partial charge in [0, 0.05) is 44.3 Å². The van der Waals surface area contributed by atoms with Crippen LogP contribution in [0.25, 0.3) is 0 Å². The molecule has 2 fully saturated rings. The largest absolute Gasteiger partial charge is 0.489 e. The molecular formula is C19H28IN3O2. The highest BCUT2D eigenvalue weighted by Crippen LogP contribution is 2.38. The topological polar surface area (TPSA) is 46.1 Å². The molecule has 25 heavy (non-hydrogen) atoms. The molecule has 0 saturated carbocycles. The summed E-state index contributed by atoms with van der Waals surface area (Å²) in [4.78, 5) is 6.81. The van der Waals surface area contributed by atoms with Crippen LogP contribution in [0.4, 0.5) is 0 Å². The third kappa shape index (κ3) is 4.88. The molecule has 138 valence electrons. The van der Waals surface area contributed by atoms with Crippen molar-refractivity contribution in [3.8, 4) is 5.75 Å². The highest BCUT2D eigenvalue weighted by molar-refractivity contribution is 14.0. The normalized spacial score (nSPS) is 22.8. The van der Waals surface area contributed by atoms with Gasteiger partial charge in [-0.25, -0.2) is 0 Å². The van der Waals surface area contributed by atoms with Crippen LogP contribution in [0.15, 0.2) is 41.9 Å². The Morgan fingerprint density at radius 1 is 1.44 bits per heavy atom.